The lowest BCUT2D eigenvalue weighted by molar-refractivity contribution is 0.611. The highest BCUT2D eigenvalue weighted by Crippen LogP contribution is 2.24. The predicted octanol–water partition coefficient (Wildman–Crippen LogP) is 3.02. The van der Waals surface area contributed by atoms with Gasteiger partial charge in [0.25, 0.3) is 0 Å². The molecule has 0 aromatic heterocycles. The molecule has 2 aromatic carbocycles. The first-order valence-corrected chi connectivity index (χ1v) is 5.88. The predicted molar refractivity (Wildman–Crippen MR) is 74.1 cm³/mol. The fraction of sp³-hybridized carbons (Fsp3) is 0.200. The number of rotatable bonds is 3. The average Bonchev–Trinajstić information content (AvgIpc) is 2.39. The molecule has 18 heavy (non-hydrogen) atoms. The van der Waals surface area contributed by atoms with E-state index < -0.39 is 0 Å². The first-order valence-electron chi connectivity index (χ1n) is 5.88. The highest BCUT2D eigenvalue weighted by Gasteiger charge is 2.04. The summed E-state index contributed by atoms with van der Waals surface area (Å²) in [5, 5.41) is 0. The monoisotopic (exact) mass is 244 g/mol. The fourth-order valence-electron chi connectivity index (χ4n) is 1.86. The summed E-state index contributed by atoms with van der Waals surface area (Å²) in [6.07, 6.45) is 0. The van der Waals surface area contributed by atoms with Crippen molar-refractivity contribution in [2.75, 3.05) is 19.0 Å². The second kappa shape index (κ2) is 5.19. The van der Waals surface area contributed by atoms with E-state index in [4.69, 9.17) is 5.73 Å². The van der Waals surface area contributed by atoms with E-state index in [2.05, 4.69) is 0 Å². The van der Waals surface area contributed by atoms with Crippen LogP contribution in [0.25, 0.3) is 11.1 Å². The van der Waals surface area contributed by atoms with Crippen LogP contribution in [-0.4, -0.2) is 14.1 Å². The third-order valence-corrected chi connectivity index (χ3v) is 2.98. The van der Waals surface area contributed by atoms with Gasteiger partial charge in [-0.1, -0.05) is 18.2 Å². The van der Waals surface area contributed by atoms with Crippen molar-refractivity contribution in [2.45, 2.75) is 6.54 Å². The number of nitrogens with zero attached hydrogens (tertiary/aromatic N) is 1. The zero-order valence-electron chi connectivity index (χ0n) is 10.7. The minimum atomic E-state index is -0.244. The van der Waals surface area contributed by atoms with Crippen molar-refractivity contribution in [3.8, 4) is 11.1 Å². The maximum Gasteiger partial charge on any atom is 0.127 e. The summed E-state index contributed by atoms with van der Waals surface area (Å²) in [6, 6.07) is 13.2. The molecule has 2 N–H and O–H groups in total. The molecule has 0 atom stereocenters. The van der Waals surface area contributed by atoms with Gasteiger partial charge in [0.1, 0.15) is 5.82 Å². The standard InChI is InChI=1S/C15H17FN2/c1-18(2)14-6-3-11(4-7-14)12-5-8-15(16)13(9-12)10-17/h3-9H,10,17H2,1-2H3. The van der Waals surface area contributed by atoms with E-state index in [1.165, 1.54) is 6.07 Å². The molecule has 0 amide bonds. The molecule has 0 bridgehead atoms. The lowest BCUT2D eigenvalue weighted by Crippen LogP contribution is -2.07. The molecular weight excluding hydrogens is 227 g/mol. The van der Waals surface area contributed by atoms with Gasteiger partial charge in [-0.25, -0.2) is 4.39 Å². The van der Waals surface area contributed by atoms with Gasteiger partial charge in [-0.05, 0) is 35.4 Å². The maximum absolute atomic E-state index is 13.4. The third-order valence-electron chi connectivity index (χ3n) is 2.98. The van der Waals surface area contributed by atoms with Crippen molar-refractivity contribution >= 4 is 5.69 Å². The van der Waals surface area contributed by atoms with Gasteiger partial charge >= 0.3 is 0 Å². The number of anilines is 1. The molecule has 2 aromatic rings. The lowest BCUT2D eigenvalue weighted by atomic mass is 10.0. The van der Waals surface area contributed by atoms with Gasteiger partial charge in [0.05, 0.1) is 0 Å². The van der Waals surface area contributed by atoms with Crippen LogP contribution < -0.4 is 10.6 Å². The summed E-state index contributed by atoms with van der Waals surface area (Å²) in [6.45, 7) is 0.218. The highest BCUT2D eigenvalue weighted by molar-refractivity contribution is 5.67. The molecule has 0 aliphatic heterocycles. The normalized spacial score (nSPS) is 10.4. The van der Waals surface area contributed by atoms with Gasteiger partial charge in [-0.2, -0.15) is 0 Å². The number of hydrogen-bond donors (Lipinski definition) is 1. The van der Waals surface area contributed by atoms with Crippen LogP contribution >= 0.6 is 0 Å². The number of hydrogen-bond acceptors (Lipinski definition) is 2. The van der Waals surface area contributed by atoms with Crippen LogP contribution in [0.15, 0.2) is 42.5 Å². The smallest absolute Gasteiger partial charge is 0.127 e. The minimum absolute atomic E-state index is 0.218. The molecule has 0 unspecified atom stereocenters. The van der Waals surface area contributed by atoms with E-state index in [0.29, 0.717) is 5.56 Å². The molecule has 0 heterocycles. The molecule has 0 saturated heterocycles. The Balaban J connectivity index is 2.36. The minimum Gasteiger partial charge on any atom is -0.378 e. The van der Waals surface area contributed by atoms with E-state index in [1.807, 2.05) is 43.3 Å². The molecule has 0 aliphatic rings. The molecule has 0 fully saturated rings. The van der Waals surface area contributed by atoms with Crippen molar-refractivity contribution in [1.29, 1.82) is 0 Å². The van der Waals surface area contributed by atoms with Gasteiger partial charge < -0.3 is 10.6 Å². The molecule has 3 heteroatoms. The summed E-state index contributed by atoms with van der Waals surface area (Å²) in [4.78, 5) is 2.04. The Kier molecular flexibility index (Phi) is 3.63. The summed E-state index contributed by atoms with van der Waals surface area (Å²) in [7, 11) is 4.00. The Morgan fingerprint density at radius 3 is 2.17 bits per heavy atom. The van der Waals surface area contributed by atoms with Gasteiger partial charge in [0, 0.05) is 31.9 Å². The molecule has 0 spiro atoms. The fourth-order valence-corrected chi connectivity index (χ4v) is 1.86. The third kappa shape index (κ3) is 2.51. The van der Waals surface area contributed by atoms with Crippen LogP contribution in [0.3, 0.4) is 0 Å². The number of nitrogens with two attached hydrogens (primary N) is 1. The summed E-state index contributed by atoms with van der Waals surface area (Å²) in [5.41, 5.74) is 9.25. The van der Waals surface area contributed by atoms with Gasteiger partial charge in [-0.15, -0.1) is 0 Å². The largest absolute Gasteiger partial charge is 0.378 e. The van der Waals surface area contributed by atoms with Crippen LogP contribution in [0.5, 0.6) is 0 Å². The Morgan fingerprint density at radius 1 is 1.00 bits per heavy atom. The lowest BCUT2D eigenvalue weighted by Gasteiger charge is -2.13. The van der Waals surface area contributed by atoms with E-state index >= 15 is 0 Å². The van der Waals surface area contributed by atoms with E-state index in [-0.39, 0.29) is 12.4 Å². The molecule has 0 aliphatic carbocycles. The van der Waals surface area contributed by atoms with E-state index in [0.717, 1.165) is 16.8 Å². The molecule has 0 radical (unpaired) electrons. The summed E-state index contributed by atoms with van der Waals surface area (Å²) >= 11 is 0. The van der Waals surface area contributed by atoms with Crippen molar-refractivity contribution in [3.05, 3.63) is 53.8 Å². The summed E-state index contributed by atoms with van der Waals surface area (Å²) < 4.78 is 13.4. The van der Waals surface area contributed by atoms with Gasteiger partial charge in [0.15, 0.2) is 0 Å². The van der Waals surface area contributed by atoms with Crippen LogP contribution in [0.1, 0.15) is 5.56 Å². The van der Waals surface area contributed by atoms with Crippen LogP contribution in [0.2, 0.25) is 0 Å². The van der Waals surface area contributed by atoms with E-state index in [9.17, 15) is 4.39 Å². The molecule has 0 saturated carbocycles. The Hall–Kier alpha value is -1.87. The van der Waals surface area contributed by atoms with Crippen LogP contribution in [0.4, 0.5) is 10.1 Å². The van der Waals surface area contributed by atoms with Crippen LogP contribution in [-0.2, 0) is 6.54 Å². The highest BCUT2D eigenvalue weighted by atomic mass is 19.1. The second-order valence-electron chi connectivity index (χ2n) is 4.45. The maximum atomic E-state index is 13.4. The topological polar surface area (TPSA) is 29.3 Å². The van der Waals surface area contributed by atoms with E-state index in [1.54, 1.807) is 12.1 Å². The summed E-state index contributed by atoms with van der Waals surface area (Å²) in [5.74, 6) is -0.244. The Labute approximate surface area is 107 Å². The van der Waals surface area contributed by atoms with Crippen molar-refractivity contribution in [3.63, 3.8) is 0 Å². The quantitative estimate of drug-likeness (QED) is 0.899. The molecule has 2 nitrogen and oxygen atoms in total. The first-order chi connectivity index (χ1) is 8.61. The number of halogens is 1. The van der Waals surface area contributed by atoms with Gasteiger partial charge in [-0.3, -0.25) is 0 Å². The van der Waals surface area contributed by atoms with Gasteiger partial charge in [0.2, 0.25) is 0 Å². The average molecular weight is 244 g/mol. The van der Waals surface area contributed by atoms with Crippen LogP contribution in [0, 0.1) is 5.82 Å². The Morgan fingerprint density at radius 2 is 1.61 bits per heavy atom. The zero-order valence-corrected chi connectivity index (χ0v) is 10.7. The number of benzene rings is 2. The Bertz CT molecular complexity index is 533. The van der Waals surface area contributed by atoms with Crippen molar-refractivity contribution in [1.82, 2.24) is 0 Å². The molecular formula is C15H17FN2. The van der Waals surface area contributed by atoms with Crippen molar-refractivity contribution in [2.24, 2.45) is 5.73 Å². The second-order valence-corrected chi connectivity index (χ2v) is 4.45. The SMILES string of the molecule is CN(C)c1ccc(-c2ccc(F)c(CN)c2)cc1. The first kappa shape index (κ1) is 12.6. The zero-order chi connectivity index (χ0) is 13.1. The van der Waals surface area contributed by atoms with Crippen molar-refractivity contribution < 1.29 is 4.39 Å². The molecule has 94 valence electrons. The molecule has 2 rings (SSSR count).